The fourth-order valence-electron chi connectivity index (χ4n) is 2.41. The molecule has 23 heavy (non-hydrogen) atoms. The van der Waals surface area contributed by atoms with Gasteiger partial charge in [-0.2, -0.15) is 0 Å². The summed E-state index contributed by atoms with van der Waals surface area (Å²) in [5.74, 6) is -1.29. The van der Waals surface area contributed by atoms with E-state index in [1.807, 2.05) is 30.3 Å². The van der Waals surface area contributed by atoms with Gasteiger partial charge in [0.25, 0.3) is 5.91 Å². The van der Waals surface area contributed by atoms with Crippen LogP contribution in [0.3, 0.4) is 0 Å². The van der Waals surface area contributed by atoms with Crippen molar-refractivity contribution in [3.8, 4) is 0 Å². The van der Waals surface area contributed by atoms with Crippen LogP contribution in [0, 0.1) is 0 Å². The molecule has 1 aliphatic rings. The number of carboxylic acid groups (broad SMARTS) is 1. The minimum Gasteiger partial charge on any atom is -0.479 e. The van der Waals surface area contributed by atoms with Gasteiger partial charge in [0.2, 0.25) is 0 Å². The molecular formula is C16H16N2O4S. The van der Waals surface area contributed by atoms with Crippen molar-refractivity contribution in [3.63, 3.8) is 0 Å². The van der Waals surface area contributed by atoms with Crippen LogP contribution >= 0.6 is 11.3 Å². The van der Waals surface area contributed by atoms with Gasteiger partial charge in [-0.15, -0.1) is 11.3 Å². The molecule has 1 atom stereocenters. The molecule has 1 aliphatic heterocycles. The number of benzene rings is 1. The monoisotopic (exact) mass is 332 g/mol. The number of hydrogen-bond donors (Lipinski definition) is 1. The molecule has 0 aliphatic carbocycles. The minimum atomic E-state index is -1.05. The van der Waals surface area contributed by atoms with E-state index in [9.17, 15) is 9.59 Å². The normalized spacial score (nSPS) is 17.9. The van der Waals surface area contributed by atoms with Crippen LogP contribution in [0.2, 0.25) is 0 Å². The zero-order chi connectivity index (χ0) is 16.2. The molecule has 1 aromatic carbocycles. The van der Waals surface area contributed by atoms with Gasteiger partial charge in [-0.3, -0.25) is 4.79 Å². The fraction of sp³-hybridized carbons (Fsp3) is 0.312. The summed E-state index contributed by atoms with van der Waals surface area (Å²) in [7, 11) is 0. The SMILES string of the molecule is O=C(O)C1CN(C(=O)c2csc(Cc3ccccc3)n2)CCO1. The Hall–Kier alpha value is -2.25. The molecule has 1 aromatic heterocycles. The van der Waals surface area contributed by atoms with Crippen molar-refractivity contribution in [1.29, 1.82) is 0 Å². The summed E-state index contributed by atoms with van der Waals surface area (Å²) in [5.41, 5.74) is 1.50. The van der Waals surface area contributed by atoms with Crippen molar-refractivity contribution in [2.24, 2.45) is 0 Å². The van der Waals surface area contributed by atoms with Gasteiger partial charge in [-0.25, -0.2) is 9.78 Å². The van der Waals surface area contributed by atoms with E-state index < -0.39 is 12.1 Å². The van der Waals surface area contributed by atoms with Gasteiger partial charge < -0.3 is 14.7 Å². The first kappa shape index (κ1) is 15.6. The van der Waals surface area contributed by atoms with Crippen molar-refractivity contribution in [2.75, 3.05) is 19.7 Å². The molecule has 1 amide bonds. The lowest BCUT2D eigenvalue weighted by atomic mass is 10.2. The largest absolute Gasteiger partial charge is 0.479 e. The van der Waals surface area contributed by atoms with E-state index >= 15 is 0 Å². The molecule has 0 bridgehead atoms. The van der Waals surface area contributed by atoms with Gasteiger partial charge >= 0.3 is 5.97 Å². The Bertz CT molecular complexity index is 701. The molecule has 1 saturated heterocycles. The lowest BCUT2D eigenvalue weighted by Gasteiger charge is -2.30. The average Bonchev–Trinajstić information content (AvgIpc) is 3.03. The molecule has 1 fully saturated rings. The molecule has 0 saturated carbocycles. The first-order valence-corrected chi connectivity index (χ1v) is 8.13. The fourth-order valence-corrected chi connectivity index (χ4v) is 3.21. The van der Waals surface area contributed by atoms with E-state index in [4.69, 9.17) is 9.84 Å². The van der Waals surface area contributed by atoms with Crippen LogP contribution in [0.1, 0.15) is 21.1 Å². The first-order valence-electron chi connectivity index (χ1n) is 7.25. The van der Waals surface area contributed by atoms with E-state index in [1.54, 1.807) is 5.38 Å². The number of hydrogen-bond acceptors (Lipinski definition) is 5. The number of ether oxygens (including phenoxy) is 1. The van der Waals surface area contributed by atoms with E-state index in [2.05, 4.69) is 4.98 Å². The molecule has 2 aromatic rings. The summed E-state index contributed by atoms with van der Waals surface area (Å²) >= 11 is 1.44. The predicted molar refractivity (Wildman–Crippen MR) is 84.6 cm³/mol. The Morgan fingerprint density at radius 1 is 1.35 bits per heavy atom. The van der Waals surface area contributed by atoms with Gasteiger partial charge in [-0.05, 0) is 5.56 Å². The van der Waals surface area contributed by atoms with Crippen LogP contribution in [0.15, 0.2) is 35.7 Å². The number of carbonyl (C=O) groups is 2. The van der Waals surface area contributed by atoms with Crippen molar-refractivity contribution < 1.29 is 19.4 Å². The van der Waals surface area contributed by atoms with E-state index in [0.29, 0.717) is 18.7 Å². The highest BCUT2D eigenvalue weighted by molar-refractivity contribution is 7.09. The highest BCUT2D eigenvalue weighted by atomic mass is 32.1. The maximum absolute atomic E-state index is 12.5. The van der Waals surface area contributed by atoms with Crippen molar-refractivity contribution in [2.45, 2.75) is 12.5 Å². The lowest BCUT2D eigenvalue weighted by molar-refractivity contribution is -0.154. The number of amides is 1. The summed E-state index contributed by atoms with van der Waals surface area (Å²) in [4.78, 5) is 29.3. The van der Waals surface area contributed by atoms with Crippen LogP contribution in [0.25, 0.3) is 0 Å². The van der Waals surface area contributed by atoms with Gasteiger partial charge in [0, 0.05) is 18.3 Å². The smallest absolute Gasteiger partial charge is 0.334 e. The molecule has 0 radical (unpaired) electrons. The number of aliphatic carboxylic acids is 1. The topological polar surface area (TPSA) is 79.7 Å². The highest BCUT2D eigenvalue weighted by Gasteiger charge is 2.30. The molecule has 0 spiro atoms. The molecule has 6 nitrogen and oxygen atoms in total. The molecule has 1 unspecified atom stereocenters. The third-order valence-electron chi connectivity index (χ3n) is 3.60. The average molecular weight is 332 g/mol. The maximum atomic E-state index is 12.5. The zero-order valence-corrected chi connectivity index (χ0v) is 13.2. The summed E-state index contributed by atoms with van der Waals surface area (Å²) in [6.07, 6.45) is -0.283. The van der Waals surface area contributed by atoms with Crippen molar-refractivity contribution in [3.05, 3.63) is 52.0 Å². The maximum Gasteiger partial charge on any atom is 0.334 e. The summed E-state index contributed by atoms with van der Waals surface area (Å²) in [6, 6.07) is 9.92. The summed E-state index contributed by atoms with van der Waals surface area (Å²) < 4.78 is 5.13. The van der Waals surface area contributed by atoms with Gasteiger partial charge in [-0.1, -0.05) is 30.3 Å². The second-order valence-electron chi connectivity index (χ2n) is 5.24. The van der Waals surface area contributed by atoms with Crippen LogP contribution in [-0.2, 0) is 16.0 Å². The van der Waals surface area contributed by atoms with Crippen molar-refractivity contribution >= 4 is 23.2 Å². The summed E-state index contributed by atoms with van der Waals surface area (Å²) in [5, 5.41) is 11.6. The van der Waals surface area contributed by atoms with Crippen LogP contribution in [0.4, 0.5) is 0 Å². The van der Waals surface area contributed by atoms with E-state index in [1.165, 1.54) is 16.2 Å². The standard InChI is InChI=1S/C16H16N2O4S/c19-15(18-6-7-22-13(9-18)16(20)21)12-10-23-14(17-12)8-11-4-2-1-3-5-11/h1-5,10,13H,6-9H2,(H,20,21). The number of carbonyl (C=O) groups excluding carboxylic acids is 1. The second kappa shape index (κ2) is 6.89. The third kappa shape index (κ3) is 3.75. The van der Waals surface area contributed by atoms with E-state index in [0.717, 1.165) is 10.6 Å². The Morgan fingerprint density at radius 2 is 2.13 bits per heavy atom. The number of nitrogens with zero attached hydrogens (tertiary/aromatic N) is 2. The molecule has 1 N–H and O–H groups in total. The lowest BCUT2D eigenvalue weighted by Crippen LogP contribution is -2.48. The number of morpholine rings is 1. The van der Waals surface area contributed by atoms with E-state index in [-0.39, 0.29) is 19.1 Å². The van der Waals surface area contributed by atoms with Gasteiger partial charge in [0.15, 0.2) is 6.10 Å². The first-order chi connectivity index (χ1) is 11.1. The molecule has 2 heterocycles. The number of aromatic nitrogens is 1. The number of thiazole rings is 1. The molecule has 7 heteroatoms. The predicted octanol–water partition coefficient (Wildman–Crippen LogP) is 1.66. The molecule has 120 valence electrons. The molecule has 3 rings (SSSR count). The Kier molecular flexibility index (Phi) is 4.68. The highest BCUT2D eigenvalue weighted by Crippen LogP contribution is 2.17. The Morgan fingerprint density at radius 3 is 2.87 bits per heavy atom. The van der Waals surface area contributed by atoms with Gasteiger partial charge in [0.05, 0.1) is 18.2 Å². The zero-order valence-electron chi connectivity index (χ0n) is 12.3. The third-order valence-corrected chi connectivity index (χ3v) is 4.45. The van der Waals surface area contributed by atoms with Crippen LogP contribution in [-0.4, -0.2) is 52.7 Å². The number of rotatable bonds is 4. The van der Waals surface area contributed by atoms with Gasteiger partial charge in [0.1, 0.15) is 5.69 Å². The van der Waals surface area contributed by atoms with Crippen molar-refractivity contribution in [1.82, 2.24) is 9.88 Å². The molecular weight excluding hydrogens is 316 g/mol. The minimum absolute atomic E-state index is 0.0553. The quantitative estimate of drug-likeness (QED) is 0.921. The van der Waals surface area contributed by atoms with Crippen LogP contribution in [0.5, 0.6) is 0 Å². The second-order valence-corrected chi connectivity index (χ2v) is 6.18. The Balaban J connectivity index is 1.67. The Labute approximate surface area is 137 Å². The number of carboxylic acids is 1. The summed E-state index contributed by atoms with van der Waals surface area (Å²) in [6.45, 7) is 0.664. The van der Waals surface area contributed by atoms with Crippen LogP contribution < -0.4 is 0 Å².